The van der Waals surface area contributed by atoms with E-state index in [4.69, 9.17) is 24.3 Å². The van der Waals surface area contributed by atoms with Crippen LogP contribution in [-0.4, -0.2) is 64.4 Å². The number of para-hydroxylation sites is 1. The summed E-state index contributed by atoms with van der Waals surface area (Å²) >= 11 is 0. The van der Waals surface area contributed by atoms with E-state index in [2.05, 4.69) is 29.3 Å². The van der Waals surface area contributed by atoms with E-state index in [-0.39, 0.29) is 11.6 Å². The predicted molar refractivity (Wildman–Crippen MR) is 138 cm³/mol. The minimum Gasteiger partial charge on any atom is -0.462 e. The largest absolute Gasteiger partial charge is 0.462 e. The topological polar surface area (TPSA) is 162 Å². The number of esters is 1. The van der Waals surface area contributed by atoms with E-state index < -0.39 is 62.1 Å². The van der Waals surface area contributed by atoms with Gasteiger partial charge in [0.15, 0.2) is 6.23 Å². The molecule has 1 saturated heterocycles. The van der Waals surface area contributed by atoms with Crippen LogP contribution in [0.3, 0.4) is 0 Å². The first-order valence-electron chi connectivity index (χ1n) is 11.9. The van der Waals surface area contributed by atoms with Crippen LogP contribution in [0.5, 0.6) is 5.75 Å². The molecule has 0 radical (unpaired) electrons. The van der Waals surface area contributed by atoms with Crippen molar-refractivity contribution in [2.75, 3.05) is 6.61 Å². The number of aliphatic hydroxyl groups excluding tert-OH is 1. The van der Waals surface area contributed by atoms with Crippen LogP contribution in [0.1, 0.15) is 20.8 Å². The summed E-state index contributed by atoms with van der Waals surface area (Å²) < 4.78 is 51.5. The van der Waals surface area contributed by atoms with Gasteiger partial charge in [-0.3, -0.25) is 14.1 Å². The zero-order valence-electron chi connectivity index (χ0n) is 21.7. The van der Waals surface area contributed by atoms with Crippen LogP contribution >= 0.6 is 7.75 Å². The zero-order chi connectivity index (χ0) is 29.0. The van der Waals surface area contributed by atoms with Gasteiger partial charge >= 0.3 is 13.7 Å². The van der Waals surface area contributed by atoms with E-state index in [0.29, 0.717) is 0 Å². The molecule has 0 aromatic heterocycles. The van der Waals surface area contributed by atoms with Gasteiger partial charge < -0.3 is 35.1 Å². The quantitative estimate of drug-likeness (QED) is 0.176. The van der Waals surface area contributed by atoms with E-state index in [9.17, 15) is 19.3 Å². The van der Waals surface area contributed by atoms with Crippen molar-refractivity contribution in [2.24, 2.45) is 5.73 Å². The van der Waals surface area contributed by atoms with Gasteiger partial charge in [-0.1, -0.05) is 31.4 Å². The number of carbonyl (C=O) groups excluding carboxylic acids is 2. The van der Waals surface area contributed by atoms with Crippen molar-refractivity contribution in [1.29, 1.82) is 0 Å². The molecule has 0 saturated carbocycles. The maximum Gasteiger partial charge on any atom is 0.459 e. The monoisotopic (exact) mass is 566 g/mol. The number of alkyl halides is 1. The van der Waals surface area contributed by atoms with Crippen LogP contribution in [0, 0.1) is 0 Å². The van der Waals surface area contributed by atoms with Crippen molar-refractivity contribution in [2.45, 2.75) is 56.6 Å². The van der Waals surface area contributed by atoms with Crippen LogP contribution in [0.25, 0.3) is 0 Å². The van der Waals surface area contributed by atoms with Crippen molar-refractivity contribution in [3.8, 4) is 5.75 Å². The molecule has 2 unspecified atom stereocenters. The number of halogens is 1. The number of aliphatic hydroxyl groups is 1. The second-order valence-corrected chi connectivity index (χ2v) is 10.9. The van der Waals surface area contributed by atoms with Crippen LogP contribution in [0.15, 0.2) is 73.4 Å². The lowest BCUT2D eigenvalue weighted by molar-refractivity contribution is -0.206. The van der Waals surface area contributed by atoms with E-state index in [1.54, 1.807) is 32.0 Å². The van der Waals surface area contributed by atoms with Gasteiger partial charge in [0.25, 0.3) is 11.8 Å². The molecule has 2 aliphatic heterocycles. The highest BCUT2D eigenvalue weighted by molar-refractivity contribution is 7.52. The minimum atomic E-state index is -4.51. The molecule has 1 fully saturated rings. The van der Waals surface area contributed by atoms with E-state index in [0.717, 1.165) is 12.2 Å². The molecule has 12 nitrogen and oxygen atoms in total. The first kappa shape index (κ1) is 30.3. The molecule has 6 atom stereocenters. The summed E-state index contributed by atoms with van der Waals surface area (Å²) in [5.41, 5.74) is 6.78. The third kappa shape index (κ3) is 6.84. The van der Waals surface area contributed by atoms with Crippen molar-refractivity contribution < 1.29 is 42.2 Å². The summed E-state index contributed by atoms with van der Waals surface area (Å²) in [5.74, 6) is -4.23. The third-order valence-electron chi connectivity index (χ3n) is 5.64. The molecule has 5 N–H and O–H groups in total. The Hall–Kier alpha value is -3.28. The molecule has 2 heterocycles. The number of amides is 1. The molecule has 1 aromatic carbocycles. The maximum absolute atomic E-state index is 16.3. The van der Waals surface area contributed by atoms with Crippen LogP contribution in [0.4, 0.5) is 4.39 Å². The van der Waals surface area contributed by atoms with Crippen molar-refractivity contribution in [3.05, 3.63) is 73.4 Å². The summed E-state index contributed by atoms with van der Waals surface area (Å²) in [7, 11) is -4.51. The fourth-order valence-electron chi connectivity index (χ4n) is 3.81. The fraction of sp³-hybridized carbons (Fsp3) is 0.400. The number of nitrogens with one attached hydrogen (secondary N) is 2. The summed E-state index contributed by atoms with van der Waals surface area (Å²) in [4.78, 5) is 25.2. The Balaban J connectivity index is 1.89. The van der Waals surface area contributed by atoms with Gasteiger partial charge in [0, 0.05) is 12.3 Å². The van der Waals surface area contributed by atoms with Crippen LogP contribution in [0.2, 0.25) is 0 Å². The van der Waals surface area contributed by atoms with Crippen LogP contribution < -0.4 is 20.7 Å². The molecule has 39 heavy (non-hydrogen) atoms. The highest BCUT2D eigenvalue weighted by Crippen LogP contribution is 2.49. The number of hydrogen-bond acceptors (Lipinski definition) is 10. The zero-order valence-corrected chi connectivity index (χ0v) is 22.6. The van der Waals surface area contributed by atoms with Crippen molar-refractivity contribution in [1.82, 2.24) is 15.3 Å². The van der Waals surface area contributed by atoms with Gasteiger partial charge in [0.05, 0.1) is 6.10 Å². The van der Waals surface area contributed by atoms with Crippen molar-refractivity contribution >= 4 is 19.6 Å². The number of carbonyl (C=O) groups is 2. The smallest absolute Gasteiger partial charge is 0.459 e. The van der Waals surface area contributed by atoms with E-state index in [1.807, 2.05) is 0 Å². The third-order valence-corrected chi connectivity index (χ3v) is 7.27. The van der Waals surface area contributed by atoms with Crippen LogP contribution in [-0.2, 0) is 28.2 Å². The molecule has 2 aliphatic rings. The number of benzene rings is 1. The lowest BCUT2D eigenvalue weighted by atomic mass is 9.89. The van der Waals surface area contributed by atoms with Gasteiger partial charge in [-0.25, -0.2) is 8.96 Å². The molecular formula is C25H32FN4O8P. The Morgan fingerprint density at radius 1 is 1.41 bits per heavy atom. The Kier molecular flexibility index (Phi) is 9.20. The molecule has 0 bridgehead atoms. The molecule has 0 spiro atoms. The molecule has 1 aromatic rings. The van der Waals surface area contributed by atoms with E-state index >= 15 is 4.39 Å². The van der Waals surface area contributed by atoms with Crippen molar-refractivity contribution in [3.63, 3.8) is 0 Å². The number of ether oxygens (including phenoxy) is 2. The highest BCUT2D eigenvalue weighted by atomic mass is 31.2. The first-order valence-corrected chi connectivity index (χ1v) is 13.4. The summed E-state index contributed by atoms with van der Waals surface area (Å²) in [6.45, 7) is 10.6. The molecule has 3 rings (SSSR count). The van der Waals surface area contributed by atoms with Gasteiger partial charge in [-0.15, -0.1) is 5.73 Å². The SMILES string of the molecule is C=C=C[C@]1(N)[C@H](N2C=CC(=O)NC2=C)O[C@](F)(COP(=O)(NC(C)C(=O)OC(C)C)Oc2ccccc2)[C@H]1O. The predicted octanol–water partition coefficient (Wildman–Crippen LogP) is 1.96. The van der Waals surface area contributed by atoms with Gasteiger partial charge in [-0.05, 0) is 39.0 Å². The minimum absolute atomic E-state index is 0.00519. The average Bonchev–Trinajstić information content (AvgIpc) is 3.05. The maximum atomic E-state index is 16.3. The molecule has 0 aliphatic carbocycles. The highest BCUT2D eigenvalue weighted by Gasteiger charge is 2.65. The Bertz CT molecular complexity index is 1220. The summed E-state index contributed by atoms with van der Waals surface area (Å²) in [6.07, 6.45) is -0.566. The molecule has 212 valence electrons. The Labute approximate surface area is 225 Å². The fourth-order valence-corrected chi connectivity index (χ4v) is 5.32. The van der Waals surface area contributed by atoms with Gasteiger partial charge in [0.2, 0.25) is 0 Å². The molecule has 14 heteroatoms. The van der Waals surface area contributed by atoms with Gasteiger partial charge in [-0.2, -0.15) is 5.09 Å². The molecular weight excluding hydrogens is 534 g/mol. The Morgan fingerprint density at radius 2 is 2.08 bits per heavy atom. The lowest BCUT2D eigenvalue weighted by Gasteiger charge is -2.37. The van der Waals surface area contributed by atoms with Gasteiger partial charge in [0.1, 0.15) is 35.9 Å². The Morgan fingerprint density at radius 3 is 2.67 bits per heavy atom. The second kappa shape index (κ2) is 11.8. The van der Waals surface area contributed by atoms with E-state index in [1.165, 1.54) is 30.2 Å². The normalized spacial score (nSPS) is 28.8. The number of rotatable bonds is 11. The number of nitrogens with two attached hydrogens (primary N) is 1. The average molecular weight is 567 g/mol. The molecule has 1 amide bonds. The summed E-state index contributed by atoms with van der Waals surface area (Å²) in [5, 5.41) is 15.8. The number of nitrogens with zero attached hydrogens (tertiary/aromatic N) is 1. The second-order valence-electron chi connectivity index (χ2n) is 9.18. The number of hydrogen-bond donors (Lipinski definition) is 4. The standard InChI is InChI=1S/C25H32FN4O8P/c1-6-13-24(27)22(33)25(26,37-23(24)30-14-12-20(31)28-18(30)5)15-35-39(34,38-19-10-8-7-9-11-19)29-17(4)21(32)36-16(2)3/h7-14,16-17,22-23,33H,1,5,15,27H2,2-4H3,(H,28,31)(H,29,34)/t17?,22-,23+,24+,25+,39?/m0/s1. The lowest BCUT2D eigenvalue weighted by Crippen LogP contribution is -2.61. The summed E-state index contributed by atoms with van der Waals surface area (Å²) in [6, 6.07) is 6.64. The first-order chi connectivity index (χ1) is 18.2.